The van der Waals surface area contributed by atoms with Gasteiger partial charge in [-0.1, -0.05) is 67.0 Å². The molecular weight excluding hydrogens is 416 g/mol. The number of aryl methyl sites for hydroxylation is 1. The van der Waals surface area contributed by atoms with Crippen LogP contribution in [-0.4, -0.2) is 17.6 Å². The molecule has 2 aromatic carbocycles. The normalized spacial score (nSPS) is 11.8. The molecule has 0 fully saturated rings. The first-order valence-corrected chi connectivity index (χ1v) is 11.2. The molecule has 1 heterocycles. The fourth-order valence-corrected chi connectivity index (χ4v) is 4.76. The molecule has 0 unspecified atom stereocenters. The third-order valence-corrected chi connectivity index (χ3v) is 7.28. The van der Waals surface area contributed by atoms with E-state index < -0.39 is 15.6 Å². The largest absolute Gasteiger partial charge is 0.301 e. The molecule has 0 radical (unpaired) electrons. The van der Waals surface area contributed by atoms with Gasteiger partial charge in [0.25, 0.3) is 10.0 Å². The Morgan fingerprint density at radius 2 is 1.64 bits per heavy atom. The highest BCUT2D eigenvalue weighted by atomic mass is 35.5. The molecule has 0 amide bonds. The monoisotopic (exact) mass is 434 g/mol. The van der Waals surface area contributed by atoms with Crippen LogP contribution < -0.4 is 5.56 Å². The predicted octanol–water partition coefficient (Wildman–Crippen LogP) is 4.72. The second kappa shape index (κ2) is 8.11. The van der Waals surface area contributed by atoms with E-state index in [0.717, 1.165) is 10.5 Å². The van der Waals surface area contributed by atoms with Gasteiger partial charge < -0.3 is 0 Å². The van der Waals surface area contributed by atoms with E-state index in [1.54, 1.807) is 12.1 Å². The summed E-state index contributed by atoms with van der Waals surface area (Å²) in [4.78, 5) is 13.8. The zero-order chi connectivity index (χ0) is 20.5. The first-order chi connectivity index (χ1) is 13.2. The smallest absolute Gasteiger partial charge is 0.265 e. The second-order valence-corrected chi connectivity index (χ2v) is 9.88. The average Bonchev–Trinajstić information content (AvgIpc) is 2.66. The fraction of sp³-hybridized carbons (Fsp3) is 0.200. The van der Waals surface area contributed by atoms with E-state index in [1.807, 2.05) is 31.2 Å². The van der Waals surface area contributed by atoms with E-state index in [1.165, 1.54) is 35.7 Å². The number of rotatable bonds is 5. The highest BCUT2D eigenvalue weighted by molar-refractivity contribution is 7.99. The Labute approximate surface area is 173 Å². The maximum atomic E-state index is 12.7. The standard InChI is InChI=1S/C20H19ClN2O3S2/c1-13(2)15-6-8-16(9-7-15)27-18-12-22-23(20(24)19(18)21)28(25,26)17-10-4-14(3)5-11-17/h4-13H,1-3H3. The van der Waals surface area contributed by atoms with Crippen molar-refractivity contribution in [3.63, 3.8) is 0 Å². The molecule has 146 valence electrons. The lowest BCUT2D eigenvalue weighted by atomic mass is 10.0. The first kappa shape index (κ1) is 20.6. The summed E-state index contributed by atoms with van der Waals surface area (Å²) in [5.41, 5.74) is 1.24. The Morgan fingerprint density at radius 1 is 1.04 bits per heavy atom. The van der Waals surface area contributed by atoms with Crippen molar-refractivity contribution < 1.29 is 8.42 Å². The summed E-state index contributed by atoms with van der Waals surface area (Å²) >= 11 is 7.45. The molecule has 1 aromatic heterocycles. The van der Waals surface area contributed by atoms with E-state index in [2.05, 4.69) is 18.9 Å². The Morgan fingerprint density at radius 3 is 2.21 bits per heavy atom. The number of nitrogens with zero attached hydrogens (tertiary/aromatic N) is 2. The van der Waals surface area contributed by atoms with Crippen molar-refractivity contribution in [2.75, 3.05) is 0 Å². The molecular formula is C20H19ClN2O3S2. The molecule has 0 atom stereocenters. The van der Waals surface area contributed by atoms with Crippen LogP contribution >= 0.6 is 23.4 Å². The molecule has 0 aliphatic carbocycles. The highest BCUT2D eigenvalue weighted by Gasteiger charge is 2.22. The Kier molecular flexibility index (Phi) is 5.98. The SMILES string of the molecule is Cc1ccc(S(=O)(=O)n2ncc(Sc3ccc(C(C)C)cc3)c(Cl)c2=O)cc1. The topological polar surface area (TPSA) is 69.0 Å². The van der Waals surface area contributed by atoms with Gasteiger partial charge >= 0.3 is 5.56 Å². The van der Waals surface area contributed by atoms with Gasteiger partial charge in [-0.15, -0.1) is 4.09 Å². The molecule has 8 heteroatoms. The van der Waals surface area contributed by atoms with Crippen LogP contribution in [0.3, 0.4) is 0 Å². The third kappa shape index (κ3) is 4.16. The quantitative estimate of drug-likeness (QED) is 0.581. The van der Waals surface area contributed by atoms with Crippen molar-refractivity contribution in [3.05, 3.63) is 81.2 Å². The molecule has 3 rings (SSSR count). The second-order valence-electron chi connectivity index (χ2n) is 6.61. The highest BCUT2D eigenvalue weighted by Crippen LogP contribution is 2.32. The van der Waals surface area contributed by atoms with Crippen LogP contribution in [-0.2, 0) is 10.0 Å². The summed E-state index contributed by atoms with van der Waals surface area (Å²) in [5.74, 6) is 0.417. The van der Waals surface area contributed by atoms with Crippen LogP contribution in [0.4, 0.5) is 0 Å². The van der Waals surface area contributed by atoms with Gasteiger partial charge in [0.2, 0.25) is 0 Å². The molecule has 0 saturated carbocycles. The maximum absolute atomic E-state index is 12.7. The minimum absolute atomic E-state index is 0.0200. The zero-order valence-corrected chi connectivity index (χ0v) is 18.0. The summed E-state index contributed by atoms with van der Waals surface area (Å²) in [7, 11) is -4.11. The zero-order valence-electron chi connectivity index (χ0n) is 15.6. The third-order valence-electron chi connectivity index (χ3n) is 4.18. The molecule has 28 heavy (non-hydrogen) atoms. The molecule has 5 nitrogen and oxygen atoms in total. The number of benzene rings is 2. The lowest BCUT2D eigenvalue weighted by Gasteiger charge is -2.10. The molecule has 0 saturated heterocycles. The van der Waals surface area contributed by atoms with E-state index in [4.69, 9.17) is 11.6 Å². The predicted molar refractivity (Wildman–Crippen MR) is 112 cm³/mol. The van der Waals surface area contributed by atoms with E-state index >= 15 is 0 Å². The van der Waals surface area contributed by atoms with Crippen LogP contribution in [0.5, 0.6) is 0 Å². The van der Waals surface area contributed by atoms with Crippen LogP contribution in [0.1, 0.15) is 30.9 Å². The van der Waals surface area contributed by atoms with Crippen molar-refractivity contribution in [1.82, 2.24) is 9.19 Å². The summed E-state index contributed by atoms with van der Waals surface area (Å²) in [5, 5.41) is 3.69. The maximum Gasteiger partial charge on any atom is 0.301 e. The Hall–Kier alpha value is -2.09. The van der Waals surface area contributed by atoms with Crippen LogP contribution in [0, 0.1) is 6.92 Å². The fourth-order valence-electron chi connectivity index (χ4n) is 2.50. The number of hydrogen-bond acceptors (Lipinski definition) is 5. The van der Waals surface area contributed by atoms with Gasteiger partial charge in [0.05, 0.1) is 16.0 Å². The van der Waals surface area contributed by atoms with Gasteiger partial charge in [0.1, 0.15) is 5.02 Å². The molecule has 0 spiro atoms. The van der Waals surface area contributed by atoms with Crippen LogP contribution in [0.25, 0.3) is 0 Å². The molecule has 0 aliphatic heterocycles. The number of halogens is 1. The van der Waals surface area contributed by atoms with Crippen molar-refractivity contribution in [3.8, 4) is 0 Å². The van der Waals surface area contributed by atoms with Gasteiger partial charge in [-0.05, 0) is 42.7 Å². The lowest BCUT2D eigenvalue weighted by molar-refractivity contribution is 0.575. The molecule has 3 aromatic rings. The first-order valence-electron chi connectivity index (χ1n) is 8.58. The van der Waals surface area contributed by atoms with Crippen molar-refractivity contribution in [2.45, 2.75) is 41.4 Å². The number of aromatic nitrogens is 2. The average molecular weight is 435 g/mol. The summed E-state index contributed by atoms with van der Waals surface area (Å²) in [6, 6.07) is 14.1. The van der Waals surface area contributed by atoms with Gasteiger partial charge in [-0.3, -0.25) is 4.79 Å². The van der Waals surface area contributed by atoms with E-state index in [0.29, 0.717) is 14.9 Å². The van der Waals surface area contributed by atoms with Crippen molar-refractivity contribution in [2.24, 2.45) is 0 Å². The van der Waals surface area contributed by atoms with Crippen molar-refractivity contribution in [1.29, 1.82) is 0 Å². The van der Waals surface area contributed by atoms with Gasteiger partial charge in [-0.2, -0.15) is 13.5 Å². The molecule has 0 N–H and O–H groups in total. The van der Waals surface area contributed by atoms with Crippen LogP contribution in [0.2, 0.25) is 5.02 Å². The van der Waals surface area contributed by atoms with Crippen LogP contribution in [0.15, 0.2) is 74.2 Å². The van der Waals surface area contributed by atoms with E-state index in [-0.39, 0.29) is 9.92 Å². The minimum atomic E-state index is -4.11. The molecule has 0 aliphatic rings. The number of hydrogen-bond donors (Lipinski definition) is 0. The minimum Gasteiger partial charge on any atom is -0.265 e. The van der Waals surface area contributed by atoms with Gasteiger partial charge in [-0.25, -0.2) is 0 Å². The molecule has 0 bridgehead atoms. The van der Waals surface area contributed by atoms with Crippen molar-refractivity contribution >= 4 is 33.4 Å². The summed E-state index contributed by atoms with van der Waals surface area (Å²) in [6.07, 6.45) is 1.30. The Bertz CT molecular complexity index is 1150. The van der Waals surface area contributed by atoms with Gasteiger partial charge in [0, 0.05) is 4.90 Å². The van der Waals surface area contributed by atoms with E-state index in [9.17, 15) is 13.2 Å². The summed E-state index contributed by atoms with van der Waals surface area (Å²) < 4.78 is 25.9. The summed E-state index contributed by atoms with van der Waals surface area (Å²) in [6.45, 7) is 6.06. The Balaban J connectivity index is 1.95. The lowest BCUT2D eigenvalue weighted by Crippen LogP contribution is -2.30. The van der Waals surface area contributed by atoms with Gasteiger partial charge in [0.15, 0.2) is 0 Å².